The molecule has 0 N–H and O–H groups in total. The van der Waals surface area contributed by atoms with Gasteiger partial charge in [-0.05, 0) is 18.2 Å². The first kappa shape index (κ1) is 9.93. The fraction of sp³-hybridized carbons (Fsp3) is 0.200. The first-order valence-electron chi connectivity index (χ1n) is 4.21. The number of rotatable bonds is 0. The van der Waals surface area contributed by atoms with Gasteiger partial charge in [-0.1, -0.05) is 25.4 Å². The molecule has 2 aromatic rings. The Bertz CT molecular complexity index is 387. The zero-order chi connectivity index (χ0) is 9.68. The molecule has 13 heavy (non-hydrogen) atoms. The lowest BCUT2D eigenvalue weighted by Crippen LogP contribution is -1.79. The Kier molecular flexibility index (Phi) is 3.65. The summed E-state index contributed by atoms with van der Waals surface area (Å²) in [6.45, 7) is 4.00. The maximum atomic E-state index is 5.76. The minimum atomic E-state index is 0.705. The monoisotopic (exact) mass is 194 g/mol. The van der Waals surface area contributed by atoms with Gasteiger partial charge in [-0.2, -0.15) is 0 Å². The quantitative estimate of drug-likeness (QED) is 0.643. The summed E-state index contributed by atoms with van der Waals surface area (Å²) in [7, 11) is 0. The van der Waals surface area contributed by atoms with E-state index in [0.717, 1.165) is 10.9 Å². The van der Waals surface area contributed by atoms with E-state index in [1.165, 1.54) is 6.33 Å². The molecule has 0 radical (unpaired) electrons. The molecule has 0 aliphatic rings. The number of fused-ring (bicyclic) bond motifs is 1. The zero-order valence-electron chi connectivity index (χ0n) is 7.66. The fourth-order valence-electron chi connectivity index (χ4n) is 0.947. The molecule has 0 atom stereocenters. The van der Waals surface area contributed by atoms with E-state index < -0.39 is 0 Å². The third kappa shape index (κ3) is 2.39. The van der Waals surface area contributed by atoms with Gasteiger partial charge in [0.1, 0.15) is 6.33 Å². The van der Waals surface area contributed by atoms with E-state index in [2.05, 4.69) is 9.97 Å². The molecule has 0 amide bonds. The van der Waals surface area contributed by atoms with Gasteiger partial charge in [0.05, 0.1) is 5.52 Å². The molecule has 0 saturated carbocycles. The summed E-state index contributed by atoms with van der Waals surface area (Å²) >= 11 is 5.76. The van der Waals surface area contributed by atoms with Crippen LogP contribution in [0.15, 0.2) is 30.7 Å². The van der Waals surface area contributed by atoms with Gasteiger partial charge >= 0.3 is 0 Å². The van der Waals surface area contributed by atoms with Crippen molar-refractivity contribution in [1.82, 2.24) is 9.97 Å². The zero-order valence-corrected chi connectivity index (χ0v) is 8.42. The van der Waals surface area contributed by atoms with E-state index >= 15 is 0 Å². The molecule has 1 aromatic carbocycles. The molecule has 0 unspecified atom stereocenters. The van der Waals surface area contributed by atoms with E-state index in [0.29, 0.717) is 5.02 Å². The number of halogens is 1. The lowest BCUT2D eigenvalue weighted by atomic mass is 10.2. The average Bonchev–Trinajstić information content (AvgIpc) is 2.21. The highest BCUT2D eigenvalue weighted by atomic mass is 35.5. The van der Waals surface area contributed by atoms with Crippen LogP contribution < -0.4 is 0 Å². The van der Waals surface area contributed by atoms with Gasteiger partial charge < -0.3 is 0 Å². The van der Waals surface area contributed by atoms with Crippen molar-refractivity contribution in [2.75, 3.05) is 0 Å². The third-order valence-electron chi connectivity index (χ3n) is 1.47. The fourth-order valence-corrected chi connectivity index (χ4v) is 1.11. The van der Waals surface area contributed by atoms with Crippen LogP contribution in [0.3, 0.4) is 0 Å². The van der Waals surface area contributed by atoms with E-state index in [1.54, 1.807) is 6.20 Å². The Morgan fingerprint density at radius 1 is 1.23 bits per heavy atom. The van der Waals surface area contributed by atoms with Gasteiger partial charge in [-0.15, -0.1) is 0 Å². The van der Waals surface area contributed by atoms with Crippen LogP contribution in [0.4, 0.5) is 0 Å². The first-order chi connectivity index (χ1) is 6.36. The Labute approximate surface area is 82.6 Å². The molecule has 3 heteroatoms. The molecule has 2 rings (SSSR count). The van der Waals surface area contributed by atoms with Gasteiger partial charge in [-0.3, -0.25) is 0 Å². The topological polar surface area (TPSA) is 25.8 Å². The summed E-state index contributed by atoms with van der Waals surface area (Å²) in [6, 6.07) is 5.55. The molecule has 0 fully saturated rings. The van der Waals surface area contributed by atoms with Crippen molar-refractivity contribution in [2.45, 2.75) is 13.8 Å². The van der Waals surface area contributed by atoms with Crippen LogP contribution in [-0.2, 0) is 0 Å². The predicted octanol–water partition coefficient (Wildman–Crippen LogP) is 3.31. The van der Waals surface area contributed by atoms with Crippen molar-refractivity contribution in [3.8, 4) is 0 Å². The van der Waals surface area contributed by atoms with Crippen molar-refractivity contribution in [2.24, 2.45) is 0 Å². The average molecular weight is 195 g/mol. The van der Waals surface area contributed by atoms with Crippen LogP contribution in [-0.4, -0.2) is 9.97 Å². The van der Waals surface area contributed by atoms with Crippen LogP contribution in [0.1, 0.15) is 13.8 Å². The van der Waals surface area contributed by atoms with Gasteiger partial charge in [0.2, 0.25) is 0 Å². The summed E-state index contributed by atoms with van der Waals surface area (Å²) < 4.78 is 0. The molecule has 0 spiro atoms. The van der Waals surface area contributed by atoms with E-state index in [4.69, 9.17) is 11.6 Å². The second-order valence-corrected chi connectivity index (χ2v) is 2.66. The second kappa shape index (κ2) is 4.77. The van der Waals surface area contributed by atoms with E-state index in [-0.39, 0.29) is 0 Å². The predicted molar refractivity (Wildman–Crippen MR) is 55.9 cm³/mol. The Balaban J connectivity index is 0.000000396. The Morgan fingerprint density at radius 2 is 2.00 bits per heavy atom. The molecule has 68 valence electrons. The van der Waals surface area contributed by atoms with Crippen LogP contribution in [0, 0.1) is 0 Å². The van der Waals surface area contributed by atoms with Gasteiger partial charge in [-0.25, -0.2) is 9.97 Å². The smallest absolute Gasteiger partial charge is 0.116 e. The largest absolute Gasteiger partial charge is 0.244 e. The summed E-state index contributed by atoms with van der Waals surface area (Å²) in [5.41, 5.74) is 0.882. The molecule has 2 nitrogen and oxygen atoms in total. The summed E-state index contributed by atoms with van der Waals surface area (Å²) in [5.74, 6) is 0. The third-order valence-corrected chi connectivity index (χ3v) is 1.70. The summed E-state index contributed by atoms with van der Waals surface area (Å²) in [4.78, 5) is 7.93. The highest BCUT2D eigenvalue weighted by Gasteiger charge is 1.93. The maximum Gasteiger partial charge on any atom is 0.116 e. The number of benzene rings is 1. The number of nitrogens with zero attached hydrogens (tertiary/aromatic N) is 2. The SMILES string of the molecule is CC.Clc1ccc2cncnc2c1. The molecular formula is C10H11ClN2. The highest BCUT2D eigenvalue weighted by molar-refractivity contribution is 6.31. The van der Waals surface area contributed by atoms with Gasteiger partial charge in [0.15, 0.2) is 0 Å². The summed E-state index contributed by atoms with van der Waals surface area (Å²) in [6.07, 6.45) is 3.28. The Hall–Kier alpha value is -1.15. The van der Waals surface area contributed by atoms with Crippen molar-refractivity contribution in [1.29, 1.82) is 0 Å². The van der Waals surface area contributed by atoms with Crippen molar-refractivity contribution < 1.29 is 0 Å². The molecule has 1 aromatic heterocycles. The molecule has 0 saturated heterocycles. The standard InChI is InChI=1S/C8H5ClN2.C2H6/c9-7-2-1-6-4-10-5-11-8(6)3-7;1-2/h1-5H;1-2H3. The lowest BCUT2D eigenvalue weighted by Gasteiger charge is -1.94. The van der Waals surface area contributed by atoms with Crippen molar-refractivity contribution >= 4 is 22.5 Å². The number of hydrogen-bond acceptors (Lipinski definition) is 2. The number of hydrogen-bond donors (Lipinski definition) is 0. The first-order valence-corrected chi connectivity index (χ1v) is 4.59. The van der Waals surface area contributed by atoms with Crippen LogP contribution in [0.2, 0.25) is 5.02 Å². The molecule has 0 aliphatic carbocycles. The Morgan fingerprint density at radius 3 is 2.77 bits per heavy atom. The molecule has 0 aliphatic heterocycles. The lowest BCUT2D eigenvalue weighted by molar-refractivity contribution is 1.22. The van der Waals surface area contributed by atoms with Crippen molar-refractivity contribution in [3.63, 3.8) is 0 Å². The minimum Gasteiger partial charge on any atom is -0.244 e. The molecular weight excluding hydrogens is 184 g/mol. The van der Waals surface area contributed by atoms with Gasteiger partial charge in [0, 0.05) is 16.6 Å². The number of aromatic nitrogens is 2. The van der Waals surface area contributed by atoms with E-state index in [9.17, 15) is 0 Å². The minimum absolute atomic E-state index is 0.705. The molecule has 1 heterocycles. The second-order valence-electron chi connectivity index (χ2n) is 2.23. The normalized spacial score (nSPS) is 9.15. The highest BCUT2D eigenvalue weighted by Crippen LogP contribution is 2.15. The van der Waals surface area contributed by atoms with Crippen molar-refractivity contribution in [3.05, 3.63) is 35.7 Å². The van der Waals surface area contributed by atoms with E-state index in [1.807, 2.05) is 32.0 Å². The molecule has 0 bridgehead atoms. The maximum absolute atomic E-state index is 5.76. The summed E-state index contributed by atoms with van der Waals surface area (Å²) in [5, 5.41) is 1.72. The van der Waals surface area contributed by atoms with Crippen LogP contribution in [0.5, 0.6) is 0 Å². The van der Waals surface area contributed by atoms with Gasteiger partial charge in [0.25, 0.3) is 0 Å². The van der Waals surface area contributed by atoms with Crippen LogP contribution >= 0.6 is 11.6 Å². The van der Waals surface area contributed by atoms with Crippen LogP contribution in [0.25, 0.3) is 10.9 Å².